The maximum atomic E-state index is 15.2. The van der Waals surface area contributed by atoms with Crippen LogP contribution in [-0.4, -0.2) is 56.2 Å². The Morgan fingerprint density at radius 2 is 1.95 bits per heavy atom. The highest BCUT2D eigenvalue weighted by molar-refractivity contribution is 7.13. The number of hydrogen-bond acceptors (Lipinski definition) is 9. The number of fused-ring (bicyclic) bond motifs is 4. The summed E-state index contributed by atoms with van der Waals surface area (Å²) < 4.78 is 46.9. The van der Waals surface area contributed by atoms with Gasteiger partial charge in [0.2, 0.25) is 0 Å². The molecule has 0 spiro atoms. The van der Waals surface area contributed by atoms with Crippen molar-refractivity contribution >= 4 is 45.6 Å². The number of para-hydroxylation sites is 2. The molecule has 2 atom stereocenters. The van der Waals surface area contributed by atoms with Crippen LogP contribution in [0.2, 0.25) is 0 Å². The highest BCUT2D eigenvalue weighted by Gasteiger charge is 2.48. The molecule has 37 heavy (non-hydrogen) atoms. The monoisotopic (exact) mass is 525 g/mol. The summed E-state index contributed by atoms with van der Waals surface area (Å²) in [6.07, 6.45) is -2.45. The fraction of sp³-hybridized carbons (Fsp3) is 0.250. The molecular formula is C24H17F2N5O5S. The number of benzene rings is 2. The van der Waals surface area contributed by atoms with Crippen LogP contribution in [0.1, 0.15) is 12.3 Å². The van der Waals surface area contributed by atoms with E-state index in [9.17, 15) is 9.90 Å². The molecule has 8 rings (SSSR count). The molecule has 5 aromatic rings. The van der Waals surface area contributed by atoms with Gasteiger partial charge in [0.1, 0.15) is 10.5 Å². The number of halogens is 2. The number of alkyl halides is 2. The molecule has 1 amide bonds. The number of thiazole rings is 1. The maximum absolute atomic E-state index is 15.2. The highest BCUT2D eigenvalue weighted by Crippen LogP contribution is 2.42. The third kappa shape index (κ3) is 3.49. The van der Waals surface area contributed by atoms with Gasteiger partial charge in [-0.15, -0.1) is 11.3 Å². The fourth-order valence-electron chi connectivity index (χ4n) is 4.97. The van der Waals surface area contributed by atoms with E-state index < -0.39 is 18.1 Å². The summed E-state index contributed by atoms with van der Waals surface area (Å²) in [4.78, 5) is 27.4. The van der Waals surface area contributed by atoms with Crippen molar-refractivity contribution < 1.29 is 32.3 Å². The molecule has 2 unspecified atom stereocenters. The number of hydrogen-bond donors (Lipinski definition) is 1. The lowest BCUT2D eigenvalue weighted by Crippen LogP contribution is -2.70. The molecule has 1 N–H and O–H groups in total. The van der Waals surface area contributed by atoms with E-state index in [2.05, 4.69) is 15.0 Å². The number of carboxylic acid groups (broad SMARTS) is 1. The van der Waals surface area contributed by atoms with Crippen LogP contribution in [0, 0.1) is 0 Å². The van der Waals surface area contributed by atoms with Gasteiger partial charge in [0.25, 0.3) is 6.01 Å². The molecule has 3 aliphatic heterocycles. The van der Waals surface area contributed by atoms with Gasteiger partial charge < -0.3 is 23.6 Å². The van der Waals surface area contributed by atoms with E-state index in [1.54, 1.807) is 41.9 Å². The second-order valence-corrected chi connectivity index (χ2v) is 9.76. The SMILES string of the molecule is O=C(O)N1C2CC1CN(c1nc3c(OC(F)(F)c4nc5ccccc5o4)ccc(-c4nccs4)c3o1)C2. The van der Waals surface area contributed by atoms with Crippen molar-refractivity contribution in [3.05, 3.63) is 53.9 Å². The molecule has 3 aliphatic rings. The van der Waals surface area contributed by atoms with Crippen molar-refractivity contribution in [2.75, 3.05) is 18.0 Å². The van der Waals surface area contributed by atoms with Crippen LogP contribution in [0.3, 0.4) is 0 Å². The molecule has 188 valence electrons. The molecule has 2 aromatic carbocycles. The summed E-state index contributed by atoms with van der Waals surface area (Å²) >= 11 is 1.37. The number of ether oxygens (including phenoxy) is 1. The topological polar surface area (TPSA) is 118 Å². The Bertz CT molecular complexity index is 1610. The molecule has 2 bridgehead atoms. The molecule has 0 aliphatic carbocycles. The summed E-state index contributed by atoms with van der Waals surface area (Å²) in [5, 5.41) is 11.8. The lowest BCUT2D eigenvalue weighted by atomic mass is 9.88. The highest BCUT2D eigenvalue weighted by atomic mass is 32.1. The molecule has 6 heterocycles. The zero-order valence-corrected chi connectivity index (χ0v) is 19.7. The molecular weight excluding hydrogens is 508 g/mol. The summed E-state index contributed by atoms with van der Waals surface area (Å²) in [5.74, 6) is -1.09. The minimum Gasteiger partial charge on any atom is -0.465 e. The van der Waals surface area contributed by atoms with Crippen LogP contribution in [-0.2, 0) is 6.11 Å². The Labute approximate surface area is 210 Å². The maximum Gasteiger partial charge on any atom is 0.480 e. The molecule has 0 saturated carbocycles. The fourth-order valence-corrected chi connectivity index (χ4v) is 5.63. The van der Waals surface area contributed by atoms with E-state index in [1.165, 1.54) is 22.3 Å². The second kappa shape index (κ2) is 7.87. The van der Waals surface area contributed by atoms with Gasteiger partial charge in [0, 0.05) is 24.7 Å². The van der Waals surface area contributed by atoms with Crippen molar-refractivity contribution in [1.29, 1.82) is 0 Å². The Kier molecular flexibility index (Phi) is 4.67. The van der Waals surface area contributed by atoms with Gasteiger partial charge in [0.15, 0.2) is 22.4 Å². The predicted molar refractivity (Wildman–Crippen MR) is 128 cm³/mol. The number of rotatable bonds is 5. The molecule has 10 nitrogen and oxygen atoms in total. The number of anilines is 1. The zero-order chi connectivity index (χ0) is 25.3. The van der Waals surface area contributed by atoms with E-state index in [0.29, 0.717) is 23.7 Å². The summed E-state index contributed by atoms with van der Waals surface area (Å²) in [6, 6.07) is 9.27. The first-order valence-corrected chi connectivity index (χ1v) is 12.3. The van der Waals surface area contributed by atoms with Crippen LogP contribution in [0.15, 0.2) is 56.8 Å². The Hall–Kier alpha value is -4.26. The van der Waals surface area contributed by atoms with Crippen molar-refractivity contribution in [1.82, 2.24) is 19.9 Å². The first-order chi connectivity index (χ1) is 17.9. The van der Waals surface area contributed by atoms with Crippen molar-refractivity contribution in [2.45, 2.75) is 24.6 Å². The zero-order valence-electron chi connectivity index (χ0n) is 18.9. The number of aromatic nitrogens is 3. The van der Waals surface area contributed by atoms with Gasteiger partial charge >= 0.3 is 18.1 Å². The number of oxazole rings is 2. The van der Waals surface area contributed by atoms with Crippen LogP contribution in [0.25, 0.3) is 32.8 Å². The molecule has 3 aromatic heterocycles. The lowest BCUT2D eigenvalue weighted by Gasteiger charge is -2.54. The normalized spacial score (nSPS) is 19.4. The summed E-state index contributed by atoms with van der Waals surface area (Å²) in [7, 11) is 0. The van der Waals surface area contributed by atoms with Gasteiger partial charge in [-0.05, 0) is 30.7 Å². The number of carbonyl (C=O) groups is 1. The average Bonchev–Trinajstić information content (AvgIpc) is 3.63. The third-order valence-corrected chi connectivity index (χ3v) is 7.43. The standard InChI is InChI=1S/C24H17F2N5O5S/c25-24(26,21-28-15-3-1-2-4-16(15)34-21)36-17-6-5-14(20-27-7-8-37-20)19-18(17)29-22(35-19)30-10-12-9-13(11-30)31(12)23(32)33/h1-8,12-13H,9-11H2,(H,32,33). The van der Waals surface area contributed by atoms with Gasteiger partial charge in [-0.1, -0.05) is 12.1 Å². The largest absolute Gasteiger partial charge is 0.480 e. The first kappa shape index (κ1) is 22.0. The Morgan fingerprint density at radius 1 is 1.14 bits per heavy atom. The number of piperazine rings is 1. The van der Waals surface area contributed by atoms with Crippen molar-refractivity contribution in [2.24, 2.45) is 0 Å². The Morgan fingerprint density at radius 3 is 2.68 bits per heavy atom. The molecule has 3 fully saturated rings. The van der Waals surface area contributed by atoms with Crippen LogP contribution in [0.4, 0.5) is 19.6 Å². The Balaban J connectivity index is 1.27. The second-order valence-electron chi connectivity index (χ2n) is 8.87. The molecule has 0 radical (unpaired) electrons. The molecule has 13 heteroatoms. The first-order valence-electron chi connectivity index (χ1n) is 11.4. The number of amides is 1. The van der Waals surface area contributed by atoms with Crippen LogP contribution < -0.4 is 9.64 Å². The van der Waals surface area contributed by atoms with Crippen molar-refractivity contribution in [3.8, 4) is 16.3 Å². The third-order valence-electron chi connectivity index (χ3n) is 6.62. The molecule has 3 saturated heterocycles. The predicted octanol–water partition coefficient (Wildman–Crippen LogP) is 5.16. The van der Waals surface area contributed by atoms with Gasteiger partial charge in [0.05, 0.1) is 17.6 Å². The van der Waals surface area contributed by atoms with Crippen LogP contribution in [0.5, 0.6) is 5.75 Å². The van der Waals surface area contributed by atoms with Crippen LogP contribution >= 0.6 is 11.3 Å². The number of piperidine rings is 1. The van der Waals surface area contributed by atoms with E-state index in [-0.39, 0.29) is 46.0 Å². The van der Waals surface area contributed by atoms with E-state index in [1.807, 2.05) is 4.90 Å². The van der Waals surface area contributed by atoms with Gasteiger partial charge in [-0.2, -0.15) is 13.8 Å². The summed E-state index contributed by atoms with van der Waals surface area (Å²) in [5.41, 5.74) is 1.41. The van der Waals surface area contributed by atoms with Crippen molar-refractivity contribution in [3.63, 3.8) is 0 Å². The average molecular weight is 525 g/mol. The van der Waals surface area contributed by atoms with E-state index >= 15 is 8.78 Å². The van der Waals surface area contributed by atoms with Gasteiger partial charge in [-0.25, -0.2) is 14.8 Å². The minimum absolute atomic E-state index is 0.0906. The quantitative estimate of drug-likeness (QED) is 0.332. The number of nitrogens with zero attached hydrogens (tertiary/aromatic N) is 5. The smallest absolute Gasteiger partial charge is 0.465 e. The van der Waals surface area contributed by atoms with Gasteiger partial charge in [-0.3, -0.25) is 4.90 Å². The lowest BCUT2D eigenvalue weighted by molar-refractivity contribution is -0.200. The van der Waals surface area contributed by atoms with E-state index in [0.717, 1.165) is 6.42 Å². The summed E-state index contributed by atoms with van der Waals surface area (Å²) in [6.45, 7) is 0.773. The van der Waals surface area contributed by atoms with E-state index in [4.69, 9.17) is 13.6 Å². The minimum atomic E-state index is -3.89.